The number of carbonyl (C=O) groups excluding carboxylic acids is 1. The average Bonchev–Trinajstić information content (AvgIpc) is 2.05. The largest absolute Gasteiger partial charge is 0.358 e. The monoisotopic (exact) mass is 141 g/mol. The standard InChI is InChI=1S/C7H13N2O/c1-8-7(10)6-4-2-3-5-9-6/h4,6,9H,2-3,5H2,1H3,(H,8,10)/t6-/m1/s1. The van der Waals surface area contributed by atoms with Gasteiger partial charge in [-0.2, -0.15) is 0 Å². The fraction of sp³-hybridized carbons (Fsp3) is 0.714. The first-order valence-corrected chi connectivity index (χ1v) is 3.63. The molecule has 0 spiro atoms. The molecule has 0 bridgehead atoms. The molecule has 57 valence electrons. The van der Waals surface area contributed by atoms with Crippen molar-refractivity contribution < 1.29 is 4.79 Å². The van der Waals surface area contributed by atoms with E-state index in [1.807, 2.05) is 6.42 Å². The summed E-state index contributed by atoms with van der Waals surface area (Å²) in [5, 5.41) is 5.70. The lowest BCUT2D eigenvalue weighted by molar-refractivity contribution is -0.122. The summed E-state index contributed by atoms with van der Waals surface area (Å²) in [5.41, 5.74) is 0. The molecule has 1 fully saturated rings. The third kappa shape index (κ3) is 1.70. The Morgan fingerprint density at radius 2 is 2.60 bits per heavy atom. The van der Waals surface area contributed by atoms with E-state index in [-0.39, 0.29) is 11.9 Å². The van der Waals surface area contributed by atoms with Crippen LogP contribution < -0.4 is 10.6 Å². The molecular weight excluding hydrogens is 128 g/mol. The zero-order valence-electron chi connectivity index (χ0n) is 6.18. The summed E-state index contributed by atoms with van der Waals surface area (Å²) in [6.07, 6.45) is 4.21. The third-order valence-electron chi connectivity index (χ3n) is 1.68. The quantitative estimate of drug-likeness (QED) is 0.526. The lowest BCUT2D eigenvalue weighted by Gasteiger charge is -2.20. The summed E-state index contributed by atoms with van der Waals surface area (Å²) in [5.74, 6) is 0.0692. The molecule has 1 aliphatic heterocycles. The van der Waals surface area contributed by atoms with Gasteiger partial charge in [0.25, 0.3) is 0 Å². The van der Waals surface area contributed by atoms with Crippen LogP contribution in [0.25, 0.3) is 0 Å². The molecule has 1 radical (unpaired) electrons. The van der Waals surface area contributed by atoms with Crippen molar-refractivity contribution in [3.8, 4) is 0 Å². The van der Waals surface area contributed by atoms with Gasteiger partial charge in [0.1, 0.15) is 0 Å². The van der Waals surface area contributed by atoms with Gasteiger partial charge in [-0.3, -0.25) is 4.79 Å². The second-order valence-corrected chi connectivity index (χ2v) is 2.42. The van der Waals surface area contributed by atoms with Crippen molar-refractivity contribution in [3.63, 3.8) is 0 Å². The Balaban J connectivity index is 2.31. The van der Waals surface area contributed by atoms with Crippen LogP contribution in [-0.2, 0) is 4.79 Å². The normalized spacial score (nSPS) is 25.9. The summed E-state index contributed by atoms with van der Waals surface area (Å²) >= 11 is 0. The molecule has 0 aromatic heterocycles. The fourth-order valence-corrected chi connectivity index (χ4v) is 1.08. The predicted molar refractivity (Wildman–Crippen MR) is 39.4 cm³/mol. The second-order valence-electron chi connectivity index (χ2n) is 2.42. The smallest absolute Gasteiger partial charge is 0.237 e. The van der Waals surface area contributed by atoms with Crippen LogP contribution in [-0.4, -0.2) is 25.5 Å². The van der Waals surface area contributed by atoms with E-state index in [2.05, 4.69) is 10.6 Å². The van der Waals surface area contributed by atoms with Crippen LogP contribution in [0.5, 0.6) is 0 Å². The highest BCUT2D eigenvalue weighted by Crippen LogP contribution is 2.04. The van der Waals surface area contributed by atoms with Gasteiger partial charge < -0.3 is 10.6 Å². The molecule has 2 N–H and O–H groups in total. The van der Waals surface area contributed by atoms with Crippen molar-refractivity contribution in [2.75, 3.05) is 13.6 Å². The van der Waals surface area contributed by atoms with Crippen molar-refractivity contribution in [1.29, 1.82) is 0 Å². The number of rotatable bonds is 1. The van der Waals surface area contributed by atoms with E-state index in [0.29, 0.717) is 0 Å². The Hall–Kier alpha value is -0.570. The predicted octanol–water partition coefficient (Wildman–Crippen LogP) is -0.311. The molecule has 1 aliphatic rings. The summed E-state index contributed by atoms with van der Waals surface area (Å²) in [4.78, 5) is 11.0. The van der Waals surface area contributed by atoms with Crippen LogP contribution in [0.15, 0.2) is 0 Å². The SMILES string of the molecule is CNC(=O)[C@H]1[CH]CCCN1. The average molecular weight is 141 g/mol. The maximum absolute atomic E-state index is 11.0. The van der Waals surface area contributed by atoms with E-state index >= 15 is 0 Å². The molecule has 0 aromatic carbocycles. The minimum absolute atomic E-state index is 0.0567. The first kappa shape index (κ1) is 7.54. The molecule has 10 heavy (non-hydrogen) atoms. The fourth-order valence-electron chi connectivity index (χ4n) is 1.08. The van der Waals surface area contributed by atoms with Crippen molar-refractivity contribution >= 4 is 5.91 Å². The Kier molecular flexibility index (Phi) is 2.68. The van der Waals surface area contributed by atoms with E-state index < -0.39 is 0 Å². The first-order chi connectivity index (χ1) is 4.84. The van der Waals surface area contributed by atoms with Crippen molar-refractivity contribution in [3.05, 3.63) is 6.42 Å². The summed E-state index contributed by atoms with van der Waals surface area (Å²) in [6.45, 7) is 0.953. The van der Waals surface area contributed by atoms with Crippen LogP contribution in [0.3, 0.4) is 0 Å². The van der Waals surface area contributed by atoms with Crippen molar-refractivity contribution in [2.45, 2.75) is 18.9 Å². The molecular formula is C7H13N2O. The van der Waals surface area contributed by atoms with Crippen molar-refractivity contribution in [1.82, 2.24) is 10.6 Å². The molecule has 0 saturated carbocycles. The number of piperidine rings is 1. The molecule has 0 aliphatic carbocycles. The van der Waals surface area contributed by atoms with Crippen LogP contribution in [0.4, 0.5) is 0 Å². The van der Waals surface area contributed by atoms with E-state index in [0.717, 1.165) is 19.4 Å². The van der Waals surface area contributed by atoms with Crippen LogP contribution in [0, 0.1) is 6.42 Å². The van der Waals surface area contributed by atoms with Gasteiger partial charge in [0.2, 0.25) is 5.91 Å². The van der Waals surface area contributed by atoms with Crippen LogP contribution >= 0.6 is 0 Å². The zero-order valence-corrected chi connectivity index (χ0v) is 6.18. The second kappa shape index (κ2) is 3.56. The zero-order chi connectivity index (χ0) is 7.40. The number of likely N-dealkylation sites (N-methyl/N-ethyl adjacent to an activating group) is 1. The number of hydrogen-bond acceptors (Lipinski definition) is 2. The minimum Gasteiger partial charge on any atom is -0.358 e. The molecule has 1 amide bonds. The molecule has 3 heteroatoms. The highest BCUT2D eigenvalue weighted by molar-refractivity contribution is 5.82. The van der Waals surface area contributed by atoms with E-state index in [4.69, 9.17) is 0 Å². The van der Waals surface area contributed by atoms with Gasteiger partial charge in [-0.25, -0.2) is 0 Å². The Morgan fingerprint density at radius 1 is 1.80 bits per heavy atom. The highest BCUT2D eigenvalue weighted by atomic mass is 16.2. The van der Waals surface area contributed by atoms with Gasteiger partial charge in [0.15, 0.2) is 0 Å². The Labute approximate surface area is 61.2 Å². The molecule has 1 saturated heterocycles. The van der Waals surface area contributed by atoms with Gasteiger partial charge in [-0.1, -0.05) is 0 Å². The van der Waals surface area contributed by atoms with E-state index in [1.54, 1.807) is 7.05 Å². The topological polar surface area (TPSA) is 41.1 Å². The molecule has 1 rings (SSSR count). The maximum atomic E-state index is 11.0. The maximum Gasteiger partial charge on any atom is 0.237 e. The number of amides is 1. The molecule has 0 aromatic rings. The van der Waals surface area contributed by atoms with Crippen LogP contribution in [0.1, 0.15) is 12.8 Å². The lowest BCUT2D eigenvalue weighted by atomic mass is 10.0. The lowest BCUT2D eigenvalue weighted by Crippen LogP contribution is -2.45. The van der Waals surface area contributed by atoms with Gasteiger partial charge in [-0.15, -0.1) is 0 Å². The van der Waals surface area contributed by atoms with E-state index in [9.17, 15) is 4.79 Å². The number of carbonyl (C=O) groups is 1. The first-order valence-electron chi connectivity index (χ1n) is 3.63. The Bertz CT molecular complexity index is 119. The summed E-state index contributed by atoms with van der Waals surface area (Å²) < 4.78 is 0. The van der Waals surface area contributed by atoms with Gasteiger partial charge >= 0.3 is 0 Å². The summed E-state index contributed by atoms with van der Waals surface area (Å²) in [7, 11) is 1.66. The molecule has 3 nitrogen and oxygen atoms in total. The summed E-state index contributed by atoms with van der Waals surface area (Å²) in [6, 6.07) is -0.0567. The highest BCUT2D eigenvalue weighted by Gasteiger charge is 2.18. The number of hydrogen-bond donors (Lipinski definition) is 2. The number of nitrogens with one attached hydrogen (secondary N) is 2. The third-order valence-corrected chi connectivity index (χ3v) is 1.68. The minimum atomic E-state index is -0.0567. The van der Waals surface area contributed by atoms with E-state index in [1.165, 1.54) is 0 Å². The van der Waals surface area contributed by atoms with Gasteiger partial charge in [0, 0.05) is 7.05 Å². The van der Waals surface area contributed by atoms with Gasteiger partial charge in [-0.05, 0) is 25.8 Å². The van der Waals surface area contributed by atoms with Crippen LogP contribution in [0.2, 0.25) is 0 Å². The Morgan fingerprint density at radius 3 is 3.10 bits per heavy atom. The molecule has 1 heterocycles. The van der Waals surface area contributed by atoms with Gasteiger partial charge in [0.05, 0.1) is 6.04 Å². The molecule has 1 atom stereocenters. The van der Waals surface area contributed by atoms with Crippen molar-refractivity contribution in [2.24, 2.45) is 0 Å². The molecule has 0 unspecified atom stereocenters.